The van der Waals surface area contributed by atoms with Gasteiger partial charge in [-0.2, -0.15) is 0 Å². The number of benzene rings is 1. The van der Waals surface area contributed by atoms with Crippen molar-refractivity contribution in [2.45, 2.75) is 5.75 Å². The highest BCUT2D eigenvalue weighted by molar-refractivity contribution is 7.88. The average Bonchev–Trinajstić information content (AvgIpc) is 2.85. The zero-order valence-corrected chi connectivity index (χ0v) is 14.4. The summed E-state index contributed by atoms with van der Waals surface area (Å²) in [5.74, 6) is 0.862. The summed E-state index contributed by atoms with van der Waals surface area (Å²) >= 11 is 11.8. The van der Waals surface area contributed by atoms with E-state index in [4.69, 9.17) is 23.2 Å². The Hall–Kier alpha value is -0.0400. The second-order valence-electron chi connectivity index (χ2n) is 5.53. The molecule has 1 N–H and O–H groups in total. The molecule has 21 heavy (non-hydrogen) atoms. The molecule has 4 nitrogen and oxygen atoms in total. The van der Waals surface area contributed by atoms with Crippen LogP contribution in [0.25, 0.3) is 0 Å². The van der Waals surface area contributed by atoms with Crippen LogP contribution in [0.2, 0.25) is 10.0 Å². The van der Waals surface area contributed by atoms with Gasteiger partial charge < -0.3 is 5.32 Å². The molecule has 0 radical (unpaired) electrons. The summed E-state index contributed by atoms with van der Waals surface area (Å²) in [6.07, 6.45) is 0. The van der Waals surface area contributed by atoms with Gasteiger partial charge in [-0.15, -0.1) is 12.4 Å². The van der Waals surface area contributed by atoms with Crippen molar-refractivity contribution in [1.29, 1.82) is 0 Å². The van der Waals surface area contributed by atoms with Gasteiger partial charge in [-0.1, -0.05) is 23.2 Å². The van der Waals surface area contributed by atoms with Gasteiger partial charge in [0, 0.05) is 23.1 Å². The fraction of sp³-hybridized carbons (Fsp3) is 0.538. The lowest BCUT2D eigenvalue weighted by Gasteiger charge is -2.17. The Morgan fingerprint density at radius 2 is 1.62 bits per heavy atom. The van der Waals surface area contributed by atoms with Crippen LogP contribution in [0, 0.1) is 11.8 Å². The molecule has 0 aliphatic carbocycles. The number of hydrogen-bond acceptors (Lipinski definition) is 3. The summed E-state index contributed by atoms with van der Waals surface area (Å²) in [4.78, 5) is 0. The Kier molecular flexibility index (Phi) is 5.45. The van der Waals surface area contributed by atoms with E-state index in [2.05, 4.69) is 5.32 Å². The van der Waals surface area contributed by atoms with Crippen LogP contribution in [0.5, 0.6) is 0 Å². The Bertz CT molecular complexity index is 592. The predicted octanol–water partition coefficient (Wildman–Crippen LogP) is 2.40. The molecule has 0 spiro atoms. The Balaban J connectivity index is 0.00000161. The summed E-state index contributed by atoms with van der Waals surface area (Å²) in [6.45, 7) is 3.07. The van der Waals surface area contributed by atoms with Crippen molar-refractivity contribution in [2.75, 3.05) is 26.2 Å². The second kappa shape index (κ2) is 6.60. The van der Waals surface area contributed by atoms with Crippen LogP contribution in [0.4, 0.5) is 0 Å². The highest BCUT2D eigenvalue weighted by Crippen LogP contribution is 2.30. The van der Waals surface area contributed by atoms with Gasteiger partial charge in [0.1, 0.15) is 0 Å². The van der Waals surface area contributed by atoms with E-state index in [9.17, 15) is 8.42 Å². The number of nitrogens with one attached hydrogen (secondary N) is 1. The number of sulfonamides is 1. The fourth-order valence-corrected chi connectivity index (χ4v) is 5.21. The van der Waals surface area contributed by atoms with Gasteiger partial charge in [0.25, 0.3) is 0 Å². The topological polar surface area (TPSA) is 49.4 Å². The van der Waals surface area contributed by atoms with E-state index >= 15 is 0 Å². The third-order valence-electron chi connectivity index (χ3n) is 4.02. The Morgan fingerprint density at radius 3 is 2.14 bits per heavy atom. The third-order valence-corrected chi connectivity index (χ3v) is 6.24. The number of hydrogen-bond donors (Lipinski definition) is 1. The third kappa shape index (κ3) is 3.84. The van der Waals surface area contributed by atoms with Gasteiger partial charge >= 0.3 is 0 Å². The minimum Gasteiger partial charge on any atom is -0.316 e. The van der Waals surface area contributed by atoms with Crippen LogP contribution < -0.4 is 5.32 Å². The standard InChI is InChI=1S/C13H16Cl2N2O2S.ClH/c14-12-1-9(2-13(15)3-12)8-20(18,19)17-6-10-4-16-5-11(10)7-17;/h1-3,10-11,16H,4-8H2;1H/t10-,11+;. The molecule has 2 fully saturated rings. The van der Waals surface area contributed by atoms with E-state index in [-0.39, 0.29) is 18.2 Å². The number of fused-ring (bicyclic) bond motifs is 1. The maximum Gasteiger partial charge on any atom is 0.218 e. The van der Waals surface area contributed by atoms with Crippen molar-refractivity contribution < 1.29 is 8.42 Å². The summed E-state index contributed by atoms with van der Waals surface area (Å²) in [5, 5.41) is 4.23. The van der Waals surface area contributed by atoms with E-state index < -0.39 is 10.0 Å². The lowest BCUT2D eigenvalue weighted by Crippen LogP contribution is -2.32. The van der Waals surface area contributed by atoms with Crippen molar-refractivity contribution >= 4 is 45.6 Å². The highest BCUT2D eigenvalue weighted by Gasteiger charge is 2.40. The molecular formula is C13H17Cl3N2O2S. The zero-order valence-electron chi connectivity index (χ0n) is 11.3. The van der Waals surface area contributed by atoms with Crippen LogP contribution in [-0.2, 0) is 15.8 Å². The molecule has 2 saturated heterocycles. The van der Waals surface area contributed by atoms with E-state index in [0.29, 0.717) is 40.5 Å². The van der Waals surface area contributed by atoms with Gasteiger partial charge in [0.2, 0.25) is 10.0 Å². The largest absolute Gasteiger partial charge is 0.316 e. The molecule has 0 amide bonds. The molecule has 2 aliphatic rings. The molecular weight excluding hydrogens is 355 g/mol. The first kappa shape index (κ1) is 17.3. The van der Waals surface area contributed by atoms with Gasteiger partial charge in [0.15, 0.2) is 0 Å². The molecule has 2 aliphatic heterocycles. The molecule has 0 bridgehead atoms. The van der Waals surface area contributed by atoms with Crippen molar-refractivity contribution in [3.05, 3.63) is 33.8 Å². The molecule has 2 heterocycles. The average molecular weight is 372 g/mol. The highest BCUT2D eigenvalue weighted by atomic mass is 35.5. The maximum atomic E-state index is 12.5. The van der Waals surface area contributed by atoms with Crippen molar-refractivity contribution in [2.24, 2.45) is 11.8 Å². The smallest absolute Gasteiger partial charge is 0.218 e. The molecule has 118 valence electrons. The molecule has 0 saturated carbocycles. The van der Waals surface area contributed by atoms with Crippen LogP contribution in [0.3, 0.4) is 0 Å². The molecule has 8 heteroatoms. The maximum absolute atomic E-state index is 12.5. The van der Waals surface area contributed by atoms with Crippen molar-refractivity contribution in [3.8, 4) is 0 Å². The summed E-state index contributed by atoms with van der Waals surface area (Å²) in [5.41, 5.74) is 0.637. The summed E-state index contributed by atoms with van der Waals surface area (Å²) in [7, 11) is -3.30. The Labute approximate surface area is 141 Å². The van der Waals surface area contributed by atoms with Crippen LogP contribution in [0.15, 0.2) is 18.2 Å². The van der Waals surface area contributed by atoms with E-state index in [1.54, 1.807) is 22.5 Å². The number of rotatable bonds is 3. The normalized spacial score (nSPS) is 25.6. The van der Waals surface area contributed by atoms with E-state index in [1.807, 2.05) is 0 Å². The molecule has 0 aromatic heterocycles. The monoisotopic (exact) mass is 370 g/mol. The van der Waals surface area contributed by atoms with E-state index in [1.165, 1.54) is 0 Å². The van der Waals surface area contributed by atoms with Crippen LogP contribution in [0.1, 0.15) is 5.56 Å². The number of nitrogens with zero attached hydrogens (tertiary/aromatic N) is 1. The summed E-state index contributed by atoms with van der Waals surface area (Å²) in [6, 6.07) is 4.91. The molecule has 1 aromatic rings. The number of halogens is 3. The molecule has 1 aromatic carbocycles. The van der Waals surface area contributed by atoms with Gasteiger partial charge in [-0.25, -0.2) is 12.7 Å². The van der Waals surface area contributed by atoms with E-state index in [0.717, 1.165) is 13.1 Å². The van der Waals surface area contributed by atoms with Gasteiger partial charge in [0.05, 0.1) is 5.75 Å². The SMILES string of the molecule is Cl.O=S(=O)(Cc1cc(Cl)cc(Cl)c1)N1C[C@H]2CNC[C@H]2C1. The first-order valence-corrected chi connectivity index (χ1v) is 8.94. The lowest BCUT2D eigenvalue weighted by atomic mass is 10.0. The van der Waals surface area contributed by atoms with Crippen LogP contribution >= 0.6 is 35.6 Å². The summed E-state index contributed by atoms with van der Waals surface area (Å²) < 4.78 is 26.6. The minimum atomic E-state index is -3.30. The quantitative estimate of drug-likeness (QED) is 0.887. The Morgan fingerprint density at radius 1 is 1.10 bits per heavy atom. The zero-order chi connectivity index (χ0) is 14.3. The predicted molar refractivity (Wildman–Crippen MR) is 87.8 cm³/mol. The first-order valence-electron chi connectivity index (χ1n) is 6.57. The molecule has 2 atom stereocenters. The second-order valence-corrected chi connectivity index (χ2v) is 8.37. The van der Waals surface area contributed by atoms with Gasteiger partial charge in [-0.05, 0) is 48.7 Å². The fourth-order valence-electron chi connectivity index (χ4n) is 3.04. The van der Waals surface area contributed by atoms with Gasteiger partial charge in [-0.3, -0.25) is 0 Å². The molecule has 3 rings (SSSR count). The molecule has 0 unspecified atom stereocenters. The van der Waals surface area contributed by atoms with Crippen molar-refractivity contribution in [1.82, 2.24) is 9.62 Å². The van der Waals surface area contributed by atoms with Crippen LogP contribution in [-0.4, -0.2) is 38.9 Å². The van der Waals surface area contributed by atoms with Crippen molar-refractivity contribution in [3.63, 3.8) is 0 Å². The minimum absolute atomic E-state index is 0. The first-order chi connectivity index (χ1) is 9.44. The lowest BCUT2D eigenvalue weighted by molar-refractivity contribution is 0.447.